The molecule has 0 aliphatic carbocycles. The van der Waals surface area contributed by atoms with Crippen LogP contribution < -0.4 is 10.6 Å². The van der Waals surface area contributed by atoms with Gasteiger partial charge in [-0.1, -0.05) is 39.8 Å². The molecule has 1 spiro atoms. The summed E-state index contributed by atoms with van der Waals surface area (Å²) in [6, 6.07) is 0. The van der Waals surface area contributed by atoms with E-state index in [2.05, 4.69) is 30.6 Å². The largest absolute Gasteiger partial charge is 0.390 e. The van der Waals surface area contributed by atoms with Crippen LogP contribution in [0.2, 0.25) is 0 Å². The van der Waals surface area contributed by atoms with Crippen molar-refractivity contribution in [3.8, 4) is 0 Å². The van der Waals surface area contributed by atoms with Gasteiger partial charge in [-0.15, -0.1) is 0 Å². The number of aliphatic hydroxyl groups excluding tert-OH is 2. The van der Waals surface area contributed by atoms with Gasteiger partial charge < -0.3 is 35.1 Å². The van der Waals surface area contributed by atoms with Gasteiger partial charge in [-0.25, -0.2) is 0 Å². The fourth-order valence-corrected chi connectivity index (χ4v) is 7.51. The van der Waals surface area contributed by atoms with Crippen LogP contribution in [0.4, 0.5) is 0 Å². The number of ether oxygens (including phenoxy) is 3. The van der Waals surface area contributed by atoms with Gasteiger partial charge >= 0.3 is 0 Å². The summed E-state index contributed by atoms with van der Waals surface area (Å²) in [4.78, 5) is 37.6. The van der Waals surface area contributed by atoms with E-state index in [9.17, 15) is 24.6 Å². The average Bonchev–Trinajstić information content (AvgIpc) is 3.07. The minimum atomic E-state index is -1.02. The summed E-state index contributed by atoms with van der Waals surface area (Å²) in [7, 11) is 0. The van der Waals surface area contributed by atoms with Crippen molar-refractivity contribution in [3.05, 3.63) is 23.8 Å². The Morgan fingerprint density at radius 3 is 2.36 bits per heavy atom. The van der Waals surface area contributed by atoms with E-state index in [0.29, 0.717) is 24.8 Å². The zero-order valence-corrected chi connectivity index (χ0v) is 32.0. The number of carbonyl (C=O) groups is 3. The van der Waals surface area contributed by atoms with Crippen molar-refractivity contribution in [2.24, 2.45) is 23.7 Å². The third-order valence-corrected chi connectivity index (χ3v) is 11.2. The highest BCUT2D eigenvalue weighted by Gasteiger charge is 2.44. The van der Waals surface area contributed by atoms with Gasteiger partial charge in [-0.2, -0.15) is 0 Å². The van der Waals surface area contributed by atoms with E-state index in [1.54, 1.807) is 26.0 Å². The lowest BCUT2D eigenvalue weighted by molar-refractivity contribution is -0.324. The quantitative estimate of drug-likeness (QED) is 0.0782. The number of amides is 2. The number of hydrogen-bond donors (Lipinski definition) is 4. The first-order valence-electron chi connectivity index (χ1n) is 19.5. The Morgan fingerprint density at radius 2 is 1.64 bits per heavy atom. The Morgan fingerprint density at radius 1 is 0.900 bits per heavy atom. The minimum Gasteiger partial charge on any atom is -0.390 e. The molecule has 0 saturated carbocycles. The van der Waals surface area contributed by atoms with Crippen molar-refractivity contribution in [3.63, 3.8) is 0 Å². The Bertz CT molecular complexity index is 1140. The molecule has 3 fully saturated rings. The van der Waals surface area contributed by atoms with E-state index in [1.807, 2.05) is 20.8 Å². The van der Waals surface area contributed by atoms with Crippen LogP contribution in [-0.4, -0.2) is 83.3 Å². The van der Waals surface area contributed by atoms with Gasteiger partial charge in [0.15, 0.2) is 11.6 Å². The van der Waals surface area contributed by atoms with Crippen molar-refractivity contribution in [1.29, 1.82) is 0 Å². The number of aliphatic hydroxyl groups is 2. The molecule has 0 aromatic carbocycles. The molecule has 3 aliphatic heterocycles. The molecular weight excluding hydrogens is 636 g/mol. The first-order valence-corrected chi connectivity index (χ1v) is 19.5. The van der Waals surface area contributed by atoms with Crippen LogP contribution in [0, 0.1) is 23.7 Å². The van der Waals surface area contributed by atoms with Gasteiger partial charge in [-0.3, -0.25) is 14.4 Å². The van der Waals surface area contributed by atoms with Crippen LogP contribution in [0.3, 0.4) is 0 Å². The average molecular weight is 705 g/mol. The zero-order valence-electron chi connectivity index (χ0n) is 32.0. The Kier molecular flexibility index (Phi) is 17.6. The lowest BCUT2D eigenvalue weighted by Gasteiger charge is -2.48. The van der Waals surface area contributed by atoms with Crippen molar-refractivity contribution < 1.29 is 38.8 Å². The zero-order chi connectivity index (χ0) is 36.8. The fraction of sp³-hybridized carbons (Fsp3) is 0.825. The number of nitrogens with one attached hydrogen (secondary N) is 2. The molecule has 3 saturated heterocycles. The summed E-state index contributed by atoms with van der Waals surface area (Å²) >= 11 is 0. The molecule has 0 aromatic rings. The SMILES string of the molecule is C/C=C/C(=O)C[C@H]1CC[C@H](C)[C@H](CC(=O)NC[C@H](O)[C@H](C)C(=O)NCCC[C@H]2O[C@@]3(CCC[C@H](CC[C@H](C)/C=C(\C)[C@H](C)O)O3)CC[C@@H]2C)O1. The van der Waals surface area contributed by atoms with Crippen LogP contribution in [-0.2, 0) is 28.6 Å². The van der Waals surface area contributed by atoms with Gasteiger partial charge in [0.1, 0.15) is 0 Å². The van der Waals surface area contributed by atoms with E-state index in [4.69, 9.17) is 14.2 Å². The second-order valence-electron chi connectivity index (χ2n) is 15.7. The van der Waals surface area contributed by atoms with Gasteiger partial charge in [0, 0.05) is 32.4 Å². The predicted molar refractivity (Wildman–Crippen MR) is 195 cm³/mol. The van der Waals surface area contributed by atoms with E-state index >= 15 is 0 Å². The molecule has 3 aliphatic rings. The third-order valence-electron chi connectivity index (χ3n) is 11.2. The molecule has 0 bridgehead atoms. The highest BCUT2D eigenvalue weighted by atomic mass is 16.7. The molecule has 4 N–H and O–H groups in total. The molecule has 50 heavy (non-hydrogen) atoms. The summed E-state index contributed by atoms with van der Waals surface area (Å²) in [5.41, 5.74) is 1.01. The number of rotatable bonds is 18. The van der Waals surface area contributed by atoms with Crippen molar-refractivity contribution in [1.82, 2.24) is 10.6 Å². The summed E-state index contributed by atoms with van der Waals surface area (Å²) in [6.45, 7) is 14.2. The van der Waals surface area contributed by atoms with Crippen LogP contribution >= 0.6 is 0 Å². The number of ketones is 1. The van der Waals surface area contributed by atoms with Crippen LogP contribution in [0.5, 0.6) is 0 Å². The maximum Gasteiger partial charge on any atom is 0.225 e. The number of allylic oxidation sites excluding steroid dienone is 3. The summed E-state index contributed by atoms with van der Waals surface area (Å²) in [5, 5.41) is 26.2. The second kappa shape index (κ2) is 20.8. The first-order chi connectivity index (χ1) is 23.7. The maximum atomic E-state index is 12.9. The van der Waals surface area contributed by atoms with E-state index < -0.39 is 23.9 Å². The Labute approximate surface area is 301 Å². The molecule has 0 aromatic heterocycles. The lowest BCUT2D eigenvalue weighted by Crippen LogP contribution is -2.50. The molecule has 10 nitrogen and oxygen atoms in total. The summed E-state index contributed by atoms with van der Waals surface area (Å²) in [6.07, 6.45) is 14.5. The van der Waals surface area contributed by atoms with Gasteiger partial charge in [0.05, 0.1) is 49.0 Å². The molecule has 2 amide bonds. The topological polar surface area (TPSA) is 143 Å². The second-order valence-corrected chi connectivity index (χ2v) is 15.7. The molecule has 0 unspecified atom stereocenters. The van der Waals surface area contributed by atoms with E-state index in [-0.39, 0.29) is 60.9 Å². The van der Waals surface area contributed by atoms with Gasteiger partial charge in [0.2, 0.25) is 11.8 Å². The monoisotopic (exact) mass is 704 g/mol. The number of carbonyl (C=O) groups excluding carboxylic acids is 3. The molecule has 3 heterocycles. The molecule has 3 rings (SSSR count). The van der Waals surface area contributed by atoms with Crippen molar-refractivity contribution in [2.75, 3.05) is 13.1 Å². The van der Waals surface area contributed by atoms with Crippen LogP contribution in [0.1, 0.15) is 132 Å². The molecule has 0 radical (unpaired) electrons. The van der Waals surface area contributed by atoms with E-state index in [1.165, 1.54) is 0 Å². The smallest absolute Gasteiger partial charge is 0.225 e. The summed E-state index contributed by atoms with van der Waals surface area (Å²) in [5.74, 6) is -0.680. The third kappa shape index (κ3) is 13.8. The Hall–Kier alpha value is -2.11. The van der Waals surface area contributed by atoms with Crippen molar-refractivity contribution in [2.45, 2.75) is 174 Å². The highest BCUT2D eigenvalue weighted by molar-refractivity contribution is 5.89. The standard InChI is InChI=1S/C40H68N2O8/c1-8-11-32(44)23-34-17-15-27(3)37(48-34)24-38(46)42-25-35(45)30(6)39(47)41-21-10-13-36-28(4)18-20-40(50-36)19-9-12-33(49-40)16-14-26(2)22-29(5)31(7)43/h8,11,22,26-28,30-31,33-37,43,45H,9-10,12-21,23-25H2,1-7H3,(H,41,47)(H,42,46)/b11-8+,29-22+/t26-,27-,28-,30-,31-,33+,34+,35-,36+,37-,40-/m0/s1. The minimum absolute atomic E-state index is 0.0223. The highest BCUT2D eigenvalue weighted by Crippen LogP contribution is 2.43. The lowest BCUT2D eigenvalue weighted by atomic mass is 9.85. The first kappa shape index (κ1) is 42.3. The van der Waals surface area contributed by atoms with Crippen LogP contribution in [0.25, 0.3) is 0 Å². The summed E-state index contributed by atoms with van der Waals surface area (Å²) < 4.78 is 19.5. The Balaban J connectivity index is 1.36. The van der Waals surface area contributed by atoms with Gasteiger partial charge in [-0.05, 0) is 108 Å². The van der Waals surface area contributed by atoms with Crippen molar-refractivity contribution >= 4 is 17.6 Å². The van der Waals surface area contributed by atoms with Crippen LogP contribution in [0.15, 0.2) is 23.8 Å². The molecule has 10 heteroatoms. The molecular formula is C40H68N2O8. The molecule has 286 valence electrons. The van der Waals surface area contributed by atoms with Gasteiger partial charge in [0.25, 0.3) is 0 Å². The number of hydrogen-bond acceptors (Lipinski definition) is 8. The fourth-order valence-electron chi connectivity index (χ4n) is 7.51. The maximum absolute atomic E-state index is 12.9. The molecule has 11 atom stereocenters. The predicted octanol–water partition coefficient (Wildman–Crippen LogP) is 5.93. The van der Waals surface area contributed by atoms with E-state index in [0.717, 1.165) is 76.2 Å². The normalized spacial score (nSPS) is 31.6.